The zero-order valence-electron chi connectivity index (χ0n) is 24.5. The summed E-state index contributed by atoms with van der Waals surface area (Å²) in [7, 11) is -3.75. The van der Waals surface area contributed by atoms with Crippen LogP contribution in [0, 0.1) is 0 Å². The van der Waals surface area contributed by atoms with Crippen LogP contribution in [0.4, 0.5) is 5.82 Å². The largest absolute Gasteiger partial charge is 0.382 e. The molecule has 0 saturated carbocycles. The van der Waals surface area contributed by atoms with Crippen LogP contribution in [0.15, 0.2) is 84.3 Å². The summed E-state index contributed by atoms with van der Waals surface area (Å²) >= 11 is 0. The number of carbonyl (C=O) groups excluding carboxylic acids is 1. The zero-order chi connectivity index (χ0) is 30.9. The topological polar surface area (TPSA) is 152 Å². The van der Waals surface area contributed by atoms with E-state index in [-0.39, 0.29) is 34.6 Å². The van der Waals surface area contributed by atoms with Gasteiger partial charge in [-0.05, 0) is 43.9 Å². The van der Waals surface area contributed by atoms with Gasteiger partial charge in [0.1, 0.15) is 16.4 Å². The van der Waals surface area contributed by atoms with Crippen molar-refractivity contribution >= 4 is 38.1 Å². The van der Waals surface area contributed by atoms with E-state index in [1.165, 1.54) is 4.52 Å². The summed E-state index contributed by atoms with van der Waals surface area (Å²) in [6.07, 6.45) is 10.9. The molecule has 2 aliphatic heterocycles. The Balaban J connectivity index is 1.16. The summed E-state index contributed by atoms with van der Waals surface area (Å²) in [4.78, 5) is 32.8. The first-order valence-corrected chi connectivity index (χ1v) is 16.8. The normalized spacial score (nSPS) is 19.8. The number of nitrogens with zero attached hydrogens (tertiary/aromatic N) is 6. The molecule has 1 aromatic carbocycles. The Morgan fingerprint density at radius 3 is 2.44 bits per heavy atom. The molecule has 7 heterocycles. The second-order valence-corrected chi connectivity index (χ2v) is 13.9. The van der Waals surface area contributed by atoms with Gasteiger partial charge in [0.2, 0.25) is 0 Å². The van der Waals surface area contributed by atoms with Gasteiger partial charge in [0.25, 0.3) is 5.91 Å². The molecule has 226 valence electrons. The number of aromatic amines is 1. The number of amides is 1. The summed E-state index contributed by atoms with van der Waals surface area (Å²) in [6, 6.07) is 17.4. The Labute approximate surface area is 259 Å². The zero-order valence-corrected chi connectivity index (χ0v) is 25.3. The maximum absolute atomic E-state index is 13.7. The van der Waals surface area contributed by atoms with Gasteiger partial charge in [-0.15, -0.1) is 0 Å². The molecule has 0 radical (unpaired) electrons. The monoisotopic (exact) mass is 618 g/mol. The number of piperidine rings is 1. The highest BCUT2D eigenvalue weighted by atomic mass is 32.2. The van der Waals surface area contributed by atoms with E-state index in [0.717, 1.165) is 46.8 Å². The van der Waals surface area contributed by atoms with E-state index in [0.29, 0.717) is 35.4 Å². The molecule has 2 saturated heterocycles. The minimum atomic E-state index is -3.75. The molecule has 1 amide bonds. The molecule has 3 N–H and O–H groups in total. The van der Waals surface area contributed by atoms with Crippen molar-refractivity contribution < 1.29 is 13.2 Å². The predicted molar refractivity (Wildman–Crippen MR) is 170 cm³/mol. The number of sulfone groups is 1. The van der Waals surface area contributed by atoms with E-state index in [1.807, 2.05) is 59.5 Å². The Hall–Kier alpha value is -5.10. The lowest BCUT2D eigenvalue weighted by atomic mass is 9.87. The summed E-state index contributed by atoms with van der Waals surface area (Å²) in [5, 5.41) is 5.33. The van der Waals surface area contributed by atoms with Gasteiger partial charge in [-0.2, -0.15) is 9.61 Å². The van der Waals surface area contributed by atoms with Gasteiger partial charge in [0.05, 0.1) is 17.6 Å². The summed E-state index contributed by atoms with van der Waals surface area (Å²) < 4.78 is 27.8. The van der Waals surface area contributed by atoms with E-state index in [9.17, 15) is 13.2 Å². The molecule has 2 bridgehead atoms. The molecule has 5 aromatic heterocycles. The van der Waals surface area contributed by atoms with Crippen LogP contribution < -0.4 is 5.73 Å². The van der Waals surface area contributed by atoms with Gasteiger partial charge >= 0.3 is 0 Å². The van der Waals surface area contributed by atoms with Crippen molar-refractivity contribution in [2.75, 3.05) is 12.0 Å². The van der Waals surface area contributed by atoms with Gasteiger partial charge < -0.3 is 15.6 Å². The first-order chi connectivity index (χ1) is 21.8. The smallest absolute Gasteiger partial charge is 0.270 e. The van der Waals surface area contributed by atoms with E-state index in [1.54, 1.807) is 24.8 Å². The number of H-pyrrole nitrogens is 1. The van der Waals surface area contributed by atoms with Gasteiger partial charge in [-0.25, -0.2) is 13.4 Å². The SMILES string of the molecule is CS(=O)(=O)c1c([C@H]2C[C@H]3CC[C@@H](C2)N3C(=O)c2cc3cnccc3[nH]2)nc2c(-c3ccc(-c4ccccc4)nc3)cnn2c1N. The third-order valence-electron chi connectivity index (χ3n) is 9.18. The number of nitrogens with two attached hydrogens (primary N) is 1. The van der Waals surface area contributed by atoms with Crippen molar-refractivity contribution in [2.24, 2.45) is 0 Å². The number of anilines is 1. The fourth-order valence-corrected chi connectivity index (χ4v) is 8.23. The lowest BCUT2D eigenvalue weighted by molar-refractivity contribution is 0.0563. The molecule has 11 nitrogen and oxygen atoms in total. The molecule has 2 fully saturated rings. The van der Waals surface area contributed by atoms with Crippen molar-refractivity contribution in [2.45, 2.75) is 48.6 Å². The minimum absolute atomic E-state index is 0.00879. The third-order valence-corrected chi connectivity index (χ3v) is 10.3. The molecule has 8 rings (SSSR count). The predicted octanol–water partition coefficient (Wildman–Crippen LogP) is 4.87. The van der Waals surface area contributed by atoms with E-state index >= 15 is 0 Å². The number of carbonyl (C=O) groups is 1. The second-order valence-electron chi connectivity index (χ2n) is 12.0. The lowest BCUT2D eigenvalue weighted by Crippen LogP contribution is -2.46. The van der Waals surface area contributed by atoms with Crippen LogP contribution in [0.1, 0.15) is 47.8 Å². The highest BCUT2D eigenvalue weighted by molar-refractivity contribution is 7.91. The average molecular weight is 619 g/mol. The van der Waals surface area contributed by atoms with Crippen LogP contribution in [0.5, 0.6) is 0 Å². The quantitative estimate of drug-likeness (QED) is 0.278. The maximum Gasteiger partial charge on any atom is 0.270 e. The minimum Gasteiger partial charge on any atom is -0.382 e. The average Bonchev–Trinajstić information content (AvgIpc) is 3.74. The van der Waals surface area contributed by atoms with E-state index < -0.39 is 9.84 Å². The molecule has 0 aliphatic carbocycles. The highest BCUT2D eigenvalue weighted by Gasteiger charge is 2.46. The first kappa shape index (κ1) is 27.4. The standard InChI is InChI=1S/C33H30N8O3S/c1-45(43,44)30-29(21-13-23-8-9-24(14-21)40(23)33(42)28-15-22-16-35-12-11-27(22)38-28)39-32-25(18-37-41(32)31(30)34)20-7-10-26(36-17-20)19-5-3-2-4-6-19/h2-7,10-12,15-18,21,23-24,38H,8-9,13-14,34H2,1H3/t21-,23+,24-. The highest BCUT2D eigenvalue weighted by Crippen LogP contribution is 2.46. The van der Waals surface area contributed by atoms with Crippen molar-refractivity contribution in [1.29, 1.82) is 0 Å². The molecule has 45 heavy (non-hydrogen) atoms. The number of aromatic nitrogens is 6. The number of hydrogen-bond acceptors (Lipinski definition) is 8. The maximum atomic E-state index is 13.7. The number of fused-ring (bicyclic) bond motifs is 4. The van der Waals surface area contributed by atoms with Crippen LogP contribution in [0.2, 0.25) is 0 Å². The molecule has 3 atom stereocenters. The van der Waals surface area contributed by atoms with Crippen molar-refractivity contribution in [3.63, 3.8) is 0 Å². The Kier molecular flexibility index (Phi) is 6.24. The fraction of sp³-hybridized carbons (Fsp3) is 0.242. The van der Waals surface area contributed by atoms with Crippen LogP contribution in [0.3, 0.4) is 0 Å². The Morgan fingerprint density at radius 1 is 0.978 bits per heavy atom. The van der Waals surface area contributed by atoms with E-state index in [4.69, 9.17) is 10.7 Å². The van der Waals surface area contributed by atoms with Gasteiger partial charge in [0, 0.05) is 70.4 Å². The number of nitrogens with one attached hydrogen (secondary N) is 1. The molecule has 0 unspecified atom stereocenters. The van der Waals surface area contributed by atoms with Crippen molar-refractivity contribution in [1.82, 2.24) is 34.4 Å². The van der Waals surface area contributed by atoms with Crippen LogP contribution in [0.25, 0.3) is 38.9 Å². The number of hydrogen-bond donors (Lipinski definition) is 2. The third kappa shape index (κ3) is 4.55. The molecular weight excluding hydrogens is 588 g/mol. The lowest BCUT2D eigenvalue weighted by Gasteiger charge is -2.39. The molecule has 12 heteroatoms. The van der Waals surface area contributed by atoms with Gasteiger partial charge in [0.15, 0.2) is 15.5 Å². The first-order valence-electron chi connectivity index (χ1n) is 14.9. The number of benzene rings is 1. The van der Waals surface area contributed by atoms with Crippen LogP contribution >= 0.6 is 0 Å². The van der Waals surface area contributed by atoms with Gasteiger partial charge in [-0.1, -0.05) is 36.4 Å². The number of nitrogen functional groups attached to an aromatic ring is 1. The summed E-state index contributed by atoms with van der Waals surface area (Å²) in [5.74, 6) is -0.208. The number of rotatable bonds is 5. The molecule has 6 aromatic rings. The number of pyridine rings is 2. The fourth-order valence-electron chi connectivity index (χ4n) is 7.17. The van der Waals surface area contributed by atoms with E-state index in [2.05, 4.69) is 20.1 Å². The van der Waals surface area contributed by atoms with Crippen LogP contribution in [-0.2, 0) is 9.84 Å². The summed E-state index contributed by atoms with van der Waals surface area (Å²) in [6.45, 7) is 0. The molecule has 2 aliphatic rings. The van der Waals surface area contributed by atoms with Gasteiger partial charge in [-0.3, -0.25) is 14.8 Å². The van der Waals surface area contributed by atoms with Crippen molar-refractivity contribution in [3.05, 3.63) is 90.8 Å². The molecular formula is C33H30N8O3S. The van der Waals surface area contributed by atoms with Crippen molar-refractivity contribution in [3.8, 4) is 22.4 Å². The Bertz CT molecular complexity index is 2160. The molecule has 0 spiro atoms. The summed E-state index contributed by atoms with van der Waals surface area (Å²) in [5.41, 5.74) is 12.2. The van der Waals surface area contributed by atoms with Crippen LogP contribution in [-0.4, -0.2) is 67.1 Å². The Morgan fingerprint density at radius 2 is 1.76 bits per heavy atom. The second kappa shape index (κ2) is 10.2.